The van der Waals surface area contributed by atoms with E-state index in [4.69, 9.17) is 0 Å². The number of hydrogen-bond donors (Lipinski definition) is 1. The first-order valence-corrected chi connectivity index (χ1v) is 4.29. The predicted octanol–water partition coefficient (Wildman–Crippen LogP) is -0.882. The lowest BCUT2D eigenvalue weighted by atomic mass is 10.6. The van der Waals surface area contributed by atoms with Crippen molar-refractivity contribution in [2.24, 2.45) is 0 Å². The van der Waals surface area contributed by atoms with Crippen molar-refractivity contribution in [3.8, 4) is 0 Å². The Morgan fingerprint density at radius 1 is 1.38 bits per heavy atom. The number of aromatic nitrogens is 8. The molecule has 8 nitrogen and oxygen atoms in total. The highest BCUT2D eigenvalue weighted by molar-refractivity contribution is 8.00. The Kier molecular flexibility index (Phi) is 2.17. The van der Waals surface area contributed by atoms with Crippen molar-refractivity contribution in [2.75, 3.05) is 0 Å². The van der Waals surface area contributed by atoms with E-state index in [0.717, 1.165) is 0 Å². The molecule has 0 saturated carbocycles. The van der Waals surface area contributed by atoms with Crippen LogP contribution in [-0.4, -0.2) is 40.8 Å². The van der Waals surface area contributed by atoms with Crippen LogP contribution in [0.25, 0.3) is 0 Å². The number of nitrogens with zero attached hydrogens (tertiary/aromatic N) is 7. The number of aromatic amines is 1. The van der Waals surface area contributed by atoms with Crippen LogP contribution in [0, 0.1) is 6.26 Å². The van der Waals surface area contributed by atoms with E-state index < -0.39 is 0 Å². The average molecular weight is 197 g/mol. The van der Waals surface area contributed by atoms with Gasteiger partial charge in [0.05, 0.1) is 0 Å². The van der Waals surface area contributed by atoms with Crippen LogP contribution in [-0.2, 0) is 6.54 Å². The van der Waals surface area contributed by atoms with Crippen molar-refractivity contribution >= 4 is 11.8 Å². The summed E-state index contributed by atoms with van der Waals surface area (Å²) >= 11 is 1.22. The van der Waals surface area contributed by atoms with Crippen molar-refractivity contribution in [2.45, 2.75) is 11.7 Å². The Hall–Kier alpha value is -1.51. The summed E-state index contributed by atoms with van der Waals surface area (Å²) in [5.74, 6) is 0.600. The molecule has 9 heteroatoms. The first kappa shape index (κ1) is 8.10. The third kappa shape index (κ3) is 1.64. The average Bonchev–Trinajstić information content (AvgIpc) is 2.76. The summed E-state index contributed by atoms with van der Waals surface area (Å²) < 4.78 is 1.56. The molecule has 2 heterocycles. The summed E-state index contributed by atoms with van der Waals surface area (Å²) in [7, 11) is 0. The highest BCUT2D eigenvalue weighted by atomic mass is 32.2. The van der Waals surface area contributed by atoms with E-state index in [1.807, 2.05) is 0 Å². The molecule has 0 amide bonds. The molecule has 0 aromatic carbocycles. The van der Waals surface area contributed by atoms with E-state index in [1.165, 1.54) is 11.8 Å². The molecule has 0 aliphatic carbocycles. The van der Waals surface area contributed by atoms with E-state index in [-0.39, 0.29) is 0 Å². The van der Waals surface area contributed by atoms with Crippen LogP contribution in [0.15, 0.2) is 5.16 Å². The maximum Gasteiger partial charge on any atom is 0.209 e. The standard InChI is InChI=1S/C4H5N8S/c1-13-4-7-10-11-12(4)2-3-5-8-9-6-3/h1-2H2,(H,5,6,8,9). The van der Waals surface area contributed by atoms with Crippen LogP contribution in [0.3, 0.4) is 0 Å². The van der Waals surface area contributed by atoms with Crippen molar-refractivity contribution in [1.82, 2.24) is 40.8 Å². The maximum atomic E-state index is 3.74. The zero-order valence-electron chi connectivity index (χ0n) is 6.45. The molecule has 0 atom stereocenters. The number of hydrogen-bond acceptors (Lipinski definition) is 7. The van der Waals surface area contributed by atoms with E-state index in [0.29, 0.717) is 17.5 Å². The largest absolute Gasteiger partial charge is 0.241 e. The van der Waals surface area contributed by atoms with Gasteiger partial charge in [-0.15, -0.1) is 10.2 Å². The van der Waals surface area contributed by atoms with Gasteiger partial charge in [0.2, 0.25) is 5.16 Å². The molecule has 2 aromatic heterocycles. The lowest BCUT2D eigenvalue weighted by Gasteiger charge is -1.96. The van der Waals surface area contributed by atoms with Gasteiger partial charge in [0.1, 0.15) is 6.54 Å². The van der Waals surface area contributed by atoms with Crippen molar-refractivity contribution in [1.29, 1.82) is 0 Å². The van der Waals surface area contributed by atoms with Gasteiger partial charge in [0.15, 0.2) is 5.82 Å². The van der Waals surface area contributed by atoms with Crippen LogP contribution in [0.2, 0.25) is 0 Å². The van der Waals surface area contributed by atoms with E-state index >= 15 is 0 Å². The molecule has 0 bridgehead atoms. The third-order valence-electron chi connectivity index (χ3n) is 1.32. The summed E-state index contributed by atoms with van der Waals surface area (Å²) in [6.45, 7) is 0.415. The number of thioether (sulfide) groups is 1. The number of tetrazole rings is 2. The zero-order valence-corrected chi connectivity index (χ0v) is 7.27. The van der Waals surface area contributed by atoms with Crippen molar-refractivity contribution in [3.63, 3.8) is 0 Å². The summed E-state index contributed by atoms with van der Waals surface area (Å²) in [5.41, 5.74) is 0. The molecule has 0 fully saturated rings. The van der Waals surface area contributed by atoms with Gasteiger partial charge in [0.25, 0.3) is 0 Å². The Morgan fingerprint density at radius 3 is 3.00 bits per heavy atom. The summed E-state index contributed by atoms with van der Waals surface area (Å²) in [4.78, 5) is 0. The zero-order chi connectivity index (χ0) is 9.10. The highest BCUT2D eigenvalue weighted by Crippen LogP contribution is 2.10. The highest BCUT2D eigenvalue weighted by Gasteiger charge is 2.06. The quantitative estimate of drug-likeness (QED) is 0.638. The number of nitrogens with one attached hydrogen (secondary N) is 1. The second kappa shape index (κ2) is 3.47. The fourth-order valence-electron chi connectivity index (χ4n) is 0.787. The molecule has 0 unspecified atom stereocenters. The Labute approximate surface area is 77.1 Å². The Balaban J connectivity index is 2.18. The van der Waals surface area contributed by atoms with Crippen LogP contribution in [0.4, 0.5) is 0 Å². The van der Waals surface area contributed by atoms with Gasteiger partial charge >= 0.3 is 0 Å². The first-order valence-electron chi connectivity index (χ1n) is 3.31. The smallest absolute Gasteiger partial charge is 0.209 e. The predicted molar refractivity (Wildman–Crippen MR) is 42.3 cm³/mol. The molecule has 1 N–H and O–H groups in total. The molecule has 1 radical (unpaired) electrons. The van der Waals surface area contributed by atoms with Crippen LogP contribution < -0.4 is 0 Å². The van der Waals surface area contributed by atoms with Crippen molar-refractivity contribution < 1.29 is 0 Å². The fourth-order valence-corrected chi connectivity index (χ4v) is 1.13. The maximum absolute atomic E-state index is 3.74. The van der Waals surface area contributed by atoms with Gasteiger partial charge in [-0.25, -0.2) is 9.78 Å². The lowest BCUT2D eigenvalue weighted by Crippen LogP contribution is -2.05. The van der Waals surface area contributed by atoms with Gasteiger partial charge in [-0.3, -0.25) is 0 Å². The van der Waals surface area contributed by atoms with Gasteiger partial charge in [-0.05, 0) is 20.9 Å². The molecular weight excluding hydrogens is 192 g/mol. The fraction of sp³-hybridized carbons (Fsp3) is 0.250. The topological polar surface area (TPSA) is 98.1 Å². The van der Waals surface area contributed by atoms with E-state index in [9.17, 15) is 0 Å². The second-order valence-corrected chi connectivity index (χ2v) is 2.77. The first-order chi connectivity index (χ1) is 6.40. The van der Waals surface area contributed by atoms with Crippen molar-refractivity contribution in [3.05, 3.63) is 12.1 Å². The molecule has 2 aromatic rings. The molecule has 0 aliphatic heterocycles. The van der Waals surface area contributed by atoms with Crippen LogP contribution in [0.5, 0.6) is 0 Å². The normalized spacial score (nSPS) is 10.5. The SMILES string of the molecule is [CH2]Sc1nnnn1Cc1nnn[nH]1. The van der Waals surface area contributed by atoms with Gasteiger partial charge in [0, 0.05) is 6.26 Å². The van der Waals surface area contributed by atoms with E-state index in [1.54, 1.807) is 4.68 Å². The minimum atomic E-state index is 0.415. The summed E-state index contributed by atoms with van der Waals surface area (Å²) in [6.07, 6.45) is 3.61. The molecule has 67 valence electrons. The summed E-state index contributed by atoms with van der Waals surface area (Å²) in [6, 6.07) is 0. The molecule has 13 heavy (non-hydrogen) atoms. The van der Waals surface area contributed by atoms with Gasteiger partial charge < -0.3 is 0 Å². The van der Waals surface area contributed by atoms with E-state index in [2.05, 4.69) is 42.4 Å². The van der Waals surface area contributed by atoms with Gasteiger partial charge in [-0.2, -0.15) is 0 Å². The molecule has 0 spiro atoms. The molecule has 2 rings (SSSR count). The number of rotatable bonds is 3. The minimum absolute atomic E-state index is 0.415. The Morgan fingerprint density at radius 2 is 2.31 bits per heavy atom. The van der Waals surface area contributed by atoms with Gasteiger partial charge in [-0.1, -0.05) is 11.8 Å². The van der Waals surface area contributed by atoms with Crippen LogP contribution in [0.1, 0.15) is 5.82 Å². The summed E-state index contributed by atoms with van der Waals surface area (Å²) in [5, 5.41) is 24.8. The Bertz CT molecular complexity index is 365. The third-order valence-corrected chi connectivity index (χ3v) is 1.87. The van der Waals surface area contributed by atoms with Crippen LogP contribution >= 0.6 is 11.8 Å². The molecule has 0 aliphatic rings. The molecule has 0 saturated heterocycles. The molecular formula is C4H5N8S. The number of H-pyrrole nitrogens is 1. The second-order valence-electron chi connectivity index (χ2n) is 2.11. The lowest BCUT2D eigenvalue weighted by molar-refractivity contribution is 0.583. The monoisotopic (exact) mass is 197 g/mol. The minimum Gasteiger partial charge on any atom is -0.241 e.